The molecule has 0 fully saturated rings. The Morgan fingerprint density at radius 1 is 1.30 bits per heavy atom. The Morgan fingerprint density at radius 2 is 1.90 bits per heavy atom. The number of hydrogen-bond acceptors (Lipinski definition) is 3. The molecule has 0 unspecified atom stereocenters. The summed E-state index contributed by atoms with van der Waals surface area (Å²) in [4.78, 5) is -0.533. The maximum absolute atomic E-state index is 13.8. The number of nitrogens with zero attached hydrogens (tertiary/aromatic N) is 1. The molecule has 0 saturated heterocycles. The third-order valence-electron chi connectivity index (χ3n) is 3.06. The van der Waals surface area contributed by atoms with Gasteiger partial charge < -0.3 is 5.73 Å². The molecule has 0 spiro atoms. The molecule has 0 saturated carbocycles. The van der Waals surface area contributed by atoms with E-state index in [1.165, 1.54) is 0 Å². The summed E-state index contributed by atoms with van der Waals surface area (Å²) in [6, 6.07) is 2.43. The normalized spacial score (nSPS) is 12.9. The van der Waals surface area contributed by atoms with Crippen molar-refractivity contribution >= 4 is 10.0 Å². The van der Waals surface area contributed by atoms with Crippen molar-refractivity contribution in [3.05, 3.63) is 29.8 Å². The van der Waals surface area contributed by atoms with Crippen LogP contribution in [0.1, 0.15) is 27.2 Å². The highest BCUT2D eigenvalue weighted by atomic mass is 32.2. The first-order valence-electron chi connectivity index (χ1n) is 6.34. The average Bonchev–Trinajstić information content (AvgIpc) is 2.35. The molecular formula is C13H20F2N2O2S. The van der Waals surface area contributed by atoms with Crippen LogP contribution in [0.15, 0.2) is 23.1 Å². The summed E-state index contributed by atoms with van der Waals surface area (Å²) in [5, 5.41) is 0. The predicted molar refractivity (Wildman–Crippen MR) is 73.7 cm³/mol. The second-order valence-electron chi connectivity index (χ2n) is 5.17. The van der Waals surface area contributed by atoms with Crippen LogP contribution < -0.4 is 5.73 Å². The lowest BCUT2D eigenvalue weighted by Crippen LogP contribution is -2.52. The van der Waals surface area contributed by atoms with Crippen molar-refractivity contribution in [1.29, 1.82) is 0 Å². The first kappa shape index (κ1) is 17.0. The summed E-state index contributed by atoms with van der Waals surface area (Å²) < 4.78 is 53.0. The topological polar surface area (TPSA) is 63.4 Å². The largest absolute Gasteiger partial charge is 0.329 e. The zero-order valence-corrected chi connectivity index (χ0v) is 12.7. The zero-order chi connectivity index (χ0) is 15.6. The molecule has 0 heterocycles. The molecule has 2 N–H and O–H groups in total. The predicted octanol–water partition coefficient (Wildman–Crippen LogP) is 2.10. The zero-order valence-electron chi connectivity index (χ0n) is 11.9. The standard InChI is InChI=1S/C13H20F2N2O2S/c1-4-7-17(13(2,3)9-16)20(18,19)12-6-5-10(14)8-11(12)15/h5-6,8H,4,7,9,16H2,1-3H3. The van der Waals surface area contributed by atoms with E-state index in [4.69, 9.17) is 5.73 Å². The first-order valence-corrected chi connectivity index (χ1v) is 7.78. The minimum Gasteiger partial charge on any atom is -0.329 e. The highest BCUT2D eigenvalue weighted by Gasteiger charge is 2.37. The molecule has 4 nitrogen and oxygen atoms in total. The van der Waals surface area contributed by atoms with Gasteiger partial charge in [-0.3, -0.25) is 0 Å². The second-order valence-corrected chi connectivity index (χ2v) is 7.00. The van der Waals surface area contributed by atoms with Crippen molar-refractivity contribution < 1.29 is 17.2 Å². The number of halogens is 2. The fourth-order valence-corrected chi connectivity index (χ4v) is 3.79. The average molecular weight is 306 g/mol. The number of benzene rings is 1. The summed E-state index contributed by atoms with van der Waals surface area (Å²) in [5.74, 6) is -1.92. The van der Waals surface area contributed by atoms with E-state index in [1.807, 2.05) is 6.92 Å². The smallest absolute Gasteiger partial charge is 0.246 e. The van der Waals surface area contributed by atoms with Crippen LogP contribution in [0.3, 0.4) is 0 Å². The third-order valence-corrected chi connectivity index (χ3v) is 5.21. The number of sulfonamides is 1. The van der Waals surface area contributed by atoms with Gasteiger partial charge in [-0.05, 0) is 32.4 Å². The minimum atomic E-state index is -4.07. The molecule has 0 aromatic heterocycles. The summed E-state index contributed by atoms with van der Waals surface area (Å²) in [6.45, 7) is 5.46. The van der Waals surface area contributed by atoms with Crippen molar-refractivity contribution in [2.75, 3.05) is 13.1 Å². The SMILES string of the molecule is CCCN(C(C)(C)CN)S(=O)(=O)c1ccc(F)cc1F. The molecule has 0 bridgehead atoms. The Morgan fingerprint density at radius 3 is 2.35 bits per heavy atom. The summed E-state index contributed by atoms with van der Waals surface area (Å²) in [6.07, 6.45) is 0.561. The van der Waals surface area contributed by atoms with Crippen molar-refractivity contribution in [2.24, 2.45) is 5.73 Å². The number of hydrogen-bond donors (Lipinski definition) is 1. The Kier molecular flexibility index (Phi) is 5.23. The molecular weight excluding hydrogens is 286 g/mol. The molecule has 114 valence electrons. The van der Waals surface area contributed by atoms with Gasteiger partial charge in [0.15, 0.2) is 0 Å². The highest BCUT2D eigenvalue weighted by molar-refractivity contribution is 7.89. The summed E-state index contributed by atoms with van der Waals surface area (Å²) >= 11 is 0. The van der Waals surface area contributed by atoms with Crippen LogP contribution in [0.2, 0.25) is 0 Å². The maximum atomic E-state index is 13.8. The lowest BCUT2D eigenvalue weighted by Gasteiger charge is -2.36. The van der Waals surface area contributed by atoms with Gasteiger partial charge in [0.2, 0.25) is 10.0 Å². The van der Waals surface area contributed by atoms with Crippen LogP contribution in [0.4, 0.5) is 8.78 Å². The molecule has 1 rings (SSSR count). The highest BCUT2D eigenvalue weighted by Crippen LogP contribution is 2.26. The van der Waals surface area contributed by atoms with E-state index in [9.17, 15) is 17.2 Å². The van der Waals surface area contributed by atoms with Gasteiger partial charge in [0.05, 0.1) is 0 Å². The van der Waals surface area contributed by atoms with E-state index in [1.54, 1.807) is 13.8 Å². The quantitative estimate of drug-likeness (QED) is 0.875. The molecule has 1 aromatic rings. The van der Waals surface area contributed by atoms with Gasteiger partial charge in [-0.25, -0.2) is 17.2 Å². The fourth-order valence-electron chi connectivity index (χ4n) is 1.86. The summed E-state index contributed by atoms with van der Waals surface area (Å²) in [7, 11) is -4.07. The molecule has 7 heteroatoms. The van der Waals surface area contributed by atoms with Crippen molar-refractivity contribution in [1.82, 2.24) is 4.31 Å². The molecule has 20 heavy (non-hydrogen) atoms. The van der Waals surface area contributed by atoms with Crippen LogP contribution in [0.25, 0.3) is 0 Å². The van der Waals surface area contributed by atoms with E-state index in [0.29, 0.717) is 12.5 Å². The Balaban J connectivity index is 3.37. The van der Waals surface area contributed by atoms with Gasteiger partial charge in [0, 0.05) is 24.7 Å². The maximum Gasteiger partial charge on any atom is 0.246 e. The second kappa shape index (κ2) is 6.15. The van der Waals surface area contributed by atoms with E-state index in [2.05, 4.69) is 0 Å². The molecule has 0 aliphatic rings. The Bertz CT molecular complexity index is 574. The van der Waals surface area contributed by atoms with Gasteiger partial charge in [-0.1, -0.05) is 6.92 Å². The number of nitrogens with two attached hydrogens (primary N) is 1. The summed E-state index contributed by atoms with van der Waals surface area (Å²) in [5.41, 5.74) is 4.76. The molecule has 0 atom stereocenters. The third kappa shape index (κ3) is 3.34. The monoisotopic (exact) mass is 306 g/mol. The lowest BCUT2D eigenvalue weighted by atomic mass is 10.1. The molecule has 0 aliphatic heterocycles. The van der Waals surface area contributed by atoms with E-state index >= 15 is 0 Å². The molecule has 0 radical (unpaired) electrons. The van der Waals surface area contributed by atoms with Crippen LogP contribution in [0, 0.1) is 11.6 Å². The van der Waals surface area contributed by atoms with Gasteiger partial charge in [0.1, 0.15) is 16.5 Å². The lowest BCUT2D eigenvalue weighted by molar-refractivity contribution is 0.234. The van der Waals surface area contributed by atoms with Crippen molar-refractivity contribution in [3.8, 4) is 0 Å². The fraction of sp³-hybridized carbons (Fsp3) is 0.538. The molecule has 0 amide bonds. The Labute approximate surface area is 118 Å². The van der Waals surface area contributed by atoms with Crippen LogP contribution in [0.5, 0.6) is 0 Å². The Hall–Kier alpha value is -1.05. The van der Waals surface area contributed by atoms with E-state index in [0.717, 1.165) is 16.4 Å². The number of rotatable bonds is 6. The minimum absolute atomic E-state index is 0.0923. The van der Waals surface area contributed by atoms with Gasteiger partial charge in [0.25, 0.3) is 0 Å². The van der Waals surface area contributed by atoms with Crippen molar-refractivity contribution in [3.63, 3.8) is 0 Å². The van der Waals surface area contributed by atoms with Crippen LogP contribution >= 0.6 is 0 Å². The van der Waals surface area contributed by atoms with Gasteiger partial charge >= 0.3 is 0 Å². The molecule has 1 aromatic carbocycles. The first-order chi connectivity index (χ1) is 9.16. The molecule has 0 aliphatic carbocycles. The van der Waals surface area contributed by atoms with E-state index in [-0.39, 0.29) is 13.1 Å². The van der Waals surface area contributed by atoms with E-state index < -0.39 is 32.1 Å². The van der Waals surface area contributed by atoms with Crippen molar-refractivity contribution in [2.45, 2.75) is 37.6 Å². The van der Waals surface area contributed by atoms with Gasteiger partial charge in [-0.15, -0.1) is 0 Å². The van der Waals surface area contributed by atoms with Crippen LogP contribution in [-0.2, 0) is 10.0 Å². The van der Waals surface area contributed by atoms with Crippen LogP contribution in [-0.4, -0.2) is 31.4 Å². The van der Waals surface area contributed by atoms with Gasteiger partial charge in [-0.2, -0.15) is 4.31 Å².